The topological polar surface area (TPSA) is 81.8 Å². The molecular formula is C32H31Cl2F3N6OS. The third-order valence-corrected chi connectivity index (χ3v) is 8.76. The van der Waals surface area contributed by atoms with E-state index < -0.39 is 11.6 Å². The number of nitrogens with two attached hydrogens (primary N) is 1. The Bertz CT molecular complexity index is 1700. The monoisotopic (exact) mass is 674 g/mol. The number of hydrogen-bond acceptors (Lipinski definition) is 4. The number of methoxy groups -OCH3 is 1. The van der Waals surface area contributed by atoms with Crippen molar-refractivity contribution in [3.63, 3.8) is 0 Å². The molecule has 13 heteroatoms. The molecule has 1 atom stereocenters. The summed E-state index contributed by atoms with van der Waals surface area (Å²) in [5, 5.41) is 1.08. The molecule has 0 aliphatic heterocycles. The number of hydrogen-bond donors (Lipinski definition) is 2. The molecule has 1 aromatic heterocycles. The first-order chi connectivity index (χ1) is 21.3. The summed E-state index contributed by atoms with van der Waals surface area (Å²) >= 11 is 7.54. The molecule has 0 saturated carbocycles. The first kappa shape index (κ1) is 34.0. The highest BCUT2D eigenvalue weighted by Crippen LogP contribution is 2.42. The molecule has 236 valence electrons. The Labute approximate surface area is 275 Å². The summed E-state index contributed by atoms with van der Waals surface area (Å²) in [7, 11) is 1.57. The number of aromatic nitrogens is 2. The van der Waals surface area contributed by atoms with Gasteiger partial charge >= 0.3 is 0 Å². The van der Waals surface area contributed by atoms with Gasteiger partial charge in [0.2, 0.25) is 0 Å². The summed E-state index contributed by atoms with van der Waals surface area (Å²) in [6, 6.07) is 14.5. The van der Waals surface area contributed by atoms with Gasteiger partial charge < -0.3 is 10.5 Å². The molecule has 7 nitrogen and oxygen atoms in total. The van der Waals surface area contributed by atoms with Crippen LogP contribution in [0.1, 0.15) is 53.3 Å². The van der Waals surface area contributed by atoms with Gasteiger partial charge in [-0.1, -0.05) is 34.9 Å². The largest absolute Gasteiger partial charge is 0.495 e. The smallest absolute Gasteiger partial charge is 0.259 e. The average molecular weight is 676 g/mol. The number of aryl methyl sites for hydroxylation is 2. The van der Waals surface area contributed by atoms with Gasteiger partial charge in [0.15, 0.2) is 5.16 Å². The van der Waals surface area contributed by atoms with Gasteiger partial charge in [0, 0.05) is 29.5 Å². The number of guanidine groups is 1. The fraction of sp³-hybridized carbons (Fsp3) is 0.281. The molecule has 1 heterocycles. The summed E-state index contributed by atoms with van der Waals surface area (Å²) in [6.07, 6.45) is 3.42. The predicted molar refractivity (Wildman–Crippen MR) is 174 cm³/mol. The fourth-order valence-electron chi connectivity index (χ4n) is 5.41. The first-order valence-electron chi connectivity index (χ1n) is 14.0. The molecule has 0 spiro atoms. The summed E-state index contributed by atoms with van der Waals surface area (Å²) in [4.78, 5) is 11.9. The SMILES string of the molecule is Cl.[C-]#[N+]NC(N)=NCCCc1cc(F)c(CSc2nc3c(n2-c2ccc(F)cc2)C(c2ccc(Cl)c(OC)c2)CCC3)c(F)c1. The van der Waals surface area contributed by atoms with Crippen LogP contribution in [0.5, 0.6) is 5.75 Å². The Morgan fingerprint density at radius 3 is 2.60 bits per heavy atom. The van der Waals surface area contributed by atoms with E-state index in [-0.39, 0.29) is 41.4 Å². The van der Waals surface area contributed by atoms with Gasteiger partial charge in [-0.15, -0.1) is 12.4 Å². The average Bonchev–Trinajstić information content (AvgIpc) is 3.38. The molecule has 0 radical (unpaired) electrons. The van der Waals surface area contributed by atoms with Gasteiger partial charge in [-0.2, -0.15) is 11.5 Å². The maximum absolute atomic E-state index is 15.2. The van der Waals surface area contributed by atoms with E-state index in [1.807, 2.05) is 22.8 Å². The van der Waals surface area contributed by atoms with Crippen molar-refractivity contribution in [1.82, 2.24) is 15.0 Å². The van der Waals surface area contributed by atoms with Crippen LogP contribution in [-0.2, 0) is 18.6 Å². The van der Waals surface area contributed by atoms with E-state index in [4.69, 9.17) is 33.6 Å². The number of thioether (sulfide) groups is 1. The van der Waals surface area contributed by atoms with E-state index in [1.54, 1.807) is 19.2 Å². The van der Waals surface area contributed by atoms with Gasteiger partial charge in [-0.3, -0.25) is 4.57 Å². The van der Waals surface area contributed by atoms with Crippen molar-refractivity contribution in [2.24, 2.45) is 10.7 Å². The lowest BCUT2D eigenvalue weighted by Gasteiger charge is -2.26. The summed E-state index contributed by atoms with van der Waals surface area (Å²) in [5.74, 6) is -1.09. The predicted octanol–water partition coefficient (Wildman–Crippen LogP) is 7.81. The molecule has 45 heavy (non-hydrogen) atoms. The lowest BCUT2D eigenvalue weighted by Crippen LogP contribution is -2.25. The van der Waals surface area contributed by atoms with Crippen molar-refractivity contribution in [3.05, 3.63) is 117 Å². The number of benzene rings is 3. The number of rotatable bonds is 10. The number of fused-ring (bicyclic) bond motifs is 1. The second-order valence-electron chi connectivity index (χ2n) is 10.3. The summed E-state index contributed by atoms with van der Waals surface area (Å²) in [6.45, 7) is 7.02. The van der Waals surface area contributed by atoms with Gasteiger partial charge in [0.05, 0.1) is 23.5 Å². The Kier molecular flexibility index (Phi) is 11.7. The Morgan fingerprint density at radius 2 is 1.91 bits per heavy atom. The van der Waals surface area contributed by atoms with Crippen molar-refractivity contribution >= 4 is 41.7 Å². The van der Waals surface area contributed by atoms with Crippen LogP contribution in [0.25, 0.3) is 10.6 Å². The molecular weight excluding hydrogens is 644 g/mol. The van der Waals surface area contributed by atoms with E-state index in [0.29, 0.717) is 46.6 Å². The Morgan fingerprint density at radius 1 is 1.18 bits per heavy atom. The molecule has 0 saturated heterocycles. The summed E-state index contributed by atoms with van der Waals surface area (Å²) < 4.78 is 51.8. The fourth-order valence-corrected chi connectivity index (χ4v) is 6.66. The minimum atomic E-state index is -0.638. The van der Waals surface area contributed by atoms with Gasteiger partial charge in [0.25, 0.3) is 5.96 Å². The minimum Gasteiger partial charge on any atom is -0.495 e. The summed E-state index contributed by atoms with van der Waals surface area (Å²) in [5.41, 5.74) is 11.8. The van der Waals surface area contributed by atoms with Crippen LogP contribution < -0.4 is 15.9 Å². The van der Waals surface area contributed by atoms with Gasteiger partial charge in [-0.05, 0) is 91.8 Å². The van der Waals surface area contributed by atoms with Crippen molar-refractivity contribution in [2.45, 2.75) is 48.9 Å². The molecule has 1 aliphatic carbocycles. The molecule has 5 rings (SSSR count). The number of ether oxygens (including phenoxy) is 1. The molecule has 4 aromatic rings. The third-order valence-electron chi connectivity index (χ3n) is 7.48. The van der Waals surface area contributed by atoms with Gasteiger partial charge in [-0.25, -0.2) is 23.1 Å². The minimum absolute atomic E-state index is 0. The zero-order valence-corrected chi connectivity index (χ0v) is 26.7. The normalized spacial score (nSPS) is 14.3. The van der Waals surface area contributed by atoms with Crippen LogP contribution in [-0.4, -0.2) is 29.2 Å². The lowest BCUT2D eigenvalue weighted by atomic mass is 9.84. The maximum atomic E-state index is 15.2. The standard InChI is InChI=1S/C32H30ClF3N6OS.ClH/c1-38-41-31(37)39-14-4-5-19-15-26(35)24(27(36)16-19)18-44-32-40-28-7-3-6-23(20-8-13-25(33)29(17-20)43-2)30(28)42(32)22-11-9-21(34)10-12-22;/h8-13,15-17,23H,3-7,14,18H2,2H3,(H3,37,39,41);1H. The number of nitrogens with zero attached hydrogens (tertiary/aromatic N) is 4. The number of halogens is 5. The second kappa shape index (κ2) is 15.4. The molecule has 0 bridgehead atoms. The van der Waals surface area contributed by atoms with Crippen LogP contribution in [0.4, 0.5) is 13.2 Å². The van der Waals surface area contributed by atoms with Crippen LogP contribution in [0.3, 0.4) is 0 Å². The molecule has 3 aromatic carbocycles. The lowest BCUT2D eigenvalue weighted by molar-refractivity contribution is 0.414. The van der Waals surface area contributed by atoms with Gasteiger partial charge in [0.1, 0.15) is 23.2 Å². The first-order valence-corrected chi connectivity index (χ1v) is 15.4. The number of aliphatic imine (C=N–C) groups is 1. The molecule has 3 N–H and O–H groups in total. The van der Waals surface area contributed by atoms with E-state index in [9.17, 15) is 4.39 Å². The van der Waals surface area contributed by atoms with Crippen LogP contribution in [0.2, 0.25) is 5.02 Å². The van der Waals surface area contributed by atoms with Crippen molar-refractivity contribution in [2.75, 3.05) is 13.7 Å². The quantitative estimate of drug-likeness (QED) is 0.0448. The van der Waals surface area contributed by atoms with Crippen LogP contribution >= 0.6 is 35.8 Å². The third kappa shape index (κ3) is 7.87. The number of nitrogens with one attached hydrogen (secondary N) is 1. The highest BCUT2D eigenvalue weighted by Gasteiger charge is 2.31. The number of imidazole rings is 1. The highest BCUT2D eigenvalue weighted by atomic mass is 35.5. The van der Waals surface area contributed by atoms with Crippen LogP contribution in [0, 0.1) is 24.0 Å². The van der Waals surface area contributed by atoms with E-state index in [0.717, 1.165) is 36.2 Å². The van der Waals surface area contributed by atoms with E-state index in [1.165, 1.54) is 36.0 Å². The van der Waals surface area contributed by atoms with Crippen molar-refractivity contribution in [1.29, 1.82) is 0 Å². The van der Waals surface area contributed by atoms with E-state index >= 15 is 8.78 Å². The zero-order valence-electron chi connectivity index (χ0n) is 24.3. The second-order valence-corrected chi connectivity index (χ2v) is 11.6. The van der Waals surface area contributed by atoms with Crippen LogP contribution in [0.15, 0.2) is 64.7 Å². The Hall–Kier alpha value is -3.85. The molecule has 0 fully saturated rings. The Balaban J connectivity index is 0.00000461. The van der Waals surface area contributed by atoms with Crippen molar-refractivity contribution in [3.8, 4) is 11.4 Å². The molecule has 1 aliphatic rings. The highest BCUT2D eigenvalue weighted by molar-refractivity contribution is 7.98. The zero-order chi connectivity index (χ0) is 31.2. The molecule has 0 amide bonds. The van der Waals surface area contributed by atoms with Crippen molar-refractivity contribution < 1.29 is 17.9 Å². The maximum Gasteiger partial charge on any atom is 0.259 e. The molecule has 1 unspecified atom stereocenters. The van der Waals surface area contributed by atoms with E-state index in [2.05, 4.69) is 15.4 Å².